The van der Waals surface area contributed by atoms with Gasteiger partial charge in [0.15, 0.2) is 5.82 Å². The molecule has 4 nitrogen and oxygen atoms in total. The first-order chi connectivity index (χ1) is 11.4. The number of pyridine rings is 1. The van der Waals surface area contributed by atoms with Crippen LogP contribution < -0.4 is 0 Å². The van der Waals surface area contributed by atoms with Gasteiger partial charge in [-0.15, -0.1) is 0 Å². The van der Waals surface area contributed by atoms with E-state index in [1.807, 2.05) is 24.3 Å². The number of aryl methyl sites for hydroxylation is 2. The lowest BCUT2D eigenvalue weighted by molar-refractivity contribution is -0.137. The molecule has 0 spiro atoms. The molecule has 0 atom stereocenters. The Bertz CT molecular complexity index is 931. The first-order valence-corrected chi connectivity index (χ1v) is 7.38. The Kier molecular flexibility index (Phi) is 3.13. The van der Waals surface area contributed by atoms with Crippen LogP contribution in [0, 0.1) is 0 Å². The fourth-order valence-corrected chi connectivity index (χ4v) is 3.01. The Labute approximate surface area is 135 Å². The summed E-state index contributed by atoms with van der Waals surface area (Å²) in [6.07, 6.45) is -2.03. The second kappa shape index (κ2) is 5.09. The van der Waals surface area contributed by atoms with E-state index < -0.39 is 11.7 Å². The van der Waals surface area contributed by atoms with Gasteiger partial charge in [-0.2, -0.15) is 23.0 Å². The molecular weight excluding hydrogens is 319 g/mol. The number of aromatic hydroxyl groups is 1. The Morgan fingerprint density at radius 2 is 1.88 bits per heavy atom. The average molecular weight is 331 g/mol. The third-order valence-corrected chi connectivity index (χ3v) is 4.14. The number of alkyl halides is 3. The average Bonchev–Trinajstić information content (AvgIpc) is 2.92. The highest BCUT2D eigenvalue weighted by molar-refractivity contribution is 5.76. The minimum Gasteiger partial charge on any atom is -0.493 e. The Balaban J connectivity index is 1.87. The summed E-state index contributed by atoms with van der Waals surface area (Å²) >= 11 is 0. The zero-order valence-electron chi connectivity index (χ0n) is 12.4. The largest absolute Gasteiger partial charge is 0.493 e. The van der Waals surface area contributed by atoms with Crippen molar-refractivity contribution in [1.29, 1.82) is 0 Å². The van der Waals surface area contributed by atoms with Crippen LogP contribution in [-0.4, -0.2) is 19.9 Å². The molecule has 4 rings (SSSR count). The van der Waals surface area contributed by atoms with Crippen LogP contribution in [0.1, 0.15) is 16.8 Å². The first-order valence-electron chi connectivity index (χ1n) is 7.38. The van der Waals surface area contributed by atoms with Gasteiger partial charge < -0.3 is 5.11 Å². The quantitative estimate of drug-likeness (QED) is 0.739. The van der Waals surface area contributed by atoms with E-state index in [0.717, 1.165) is 40.6 Å². The predicted molar refractivity (Wildman–Crippen MR) is 80.9 cm³/mol. The molecule has 122 valence electrons. The number of nitrogens with zero attached hydrogens (tertiary/aromatic N) is 3. The summed E-state index contributed by atoms with van der Waals surface area (Å²) in [5, 5.41) is 14.8. The Morgan fingerprint density at radius 3 is 2.67 bits per heavy atom. The van der Waals surface area contributed by atoms with Crippen LogP contribution in [0.25, 0.3) is 16.9 Å². The zero-order valence-corrected chi connectivity index (χ0v) is 12.4. The summed E-state index contributed by atoms with van der Waals surface area (Å²) < 4.78 is 39.7. The van der Waals surface area contributed by atoms with Gasteiger partial charge in [0.1, 0.15) is 0 Å². The maximum atomic E-state index is 12.9. The van der Waals surface area contributed by atoms with Crippen LogP contribution in [0.4, 0.5) is 13.2 Å². The second-order valence-electron chi connectivity index (χ2n) is 5.61. The number of halogens is 3. The highest BCUT2D eigenvalue weighted by atomic mass is 19.4. The van der Waals surface area contributed by atoms with Gasteiger partial charge in [0.2, 0.25) is 5.88 Å². The third-order valence-electron chi connectivity index (χ3n) is 4.14. The van der Waals surface area contributed by atoms with Crippen molar-refractivity contribution in [3.8, 4) is 22.8 Å². The maximum absolute atomic E-state index is 12.9. The lowest BCUT2D eigenvalue weighted by atomic mass is 9.90. The molecule has 0 saturated heterocycles. The molecule has 0 amide bonds. The third kappa shape index (κ3) is 2.24. The molecule has 24 heavy (non-hydrogen) atoms. The first kappa shape index (κ1) is 14.7. The summed E-state index contributed by atoms with van der Waals surface area (Å²) in [5.41, 5.74) is 2.33. The molecule has 0 radical (unpaired) electrons. The second-order valence-corrected chi connectivity index (χ2v) is 5.61. The minimum absolute atomic E-state index is 0.0609. The summed E-state index contributed by atoms with van der Waals surface area (Å²) in [7, 11) is 0. The number of benzene rings is 1. The Hall–Kier alpha value is -2.83. The maximum Gasteiger partial charge on any atom is 0.416 e. The molecule has 0 saturated carbocycles. The van der Waals surface area contributed by atoms with Crippen LogP contribution in [0.3, 0.4) is 0 Å². The van der Waals surface area contributed by atoms with Crippen molar-refractivity contribution in [2.24, 2.45) is 0 Å². The predicted octanol–water partition coefficient (Wildman–Crippen LogP) is 3.76. The monoisotopic (exact) mass is 331 g/mol. The van der Waals surface area contributed by atoms with Crippen LogP contribution in [0.15, 0.2) is 42.6 Å². The van der Waals surface area contributed by atoms with Gasteiger partial charge in [0, 0.05) is 6.20 Å². The van der Waals surface area contributed by atoms with Crippen molar-refractivity contribution in [1.82, 2.24) is 14.8 Å². The molecule has 1 N–H and O–H groups in total. The molecule has 2 heterocycles. The topological polar surface area (TPSA) is 50.9 Å². The van der Waals surface area contributed by atoms with Gasteiger partial charge in [-0.05, 0) is 36.1 Å². The molecule has 1 aliphatic carbocycles. The van der Waals surface area contributed by atoms with Crippen molar-refractivity contribution in [3.05, 3.63) is 59.4 Å². The lowest BCUT2D eigenvalue weighted by Crippen LogP contribution is -2.08. The van der Waals surface area contributed by atoms with Crippen molar-refractivity contribution >= 4 is 0 Å². The summed E-state index contributed by atoms with van der Waals surface area (Å²) in [6, 6.07) is 9.38. The highest BCUT2D eigenvalue weighted by Gasteiger charge is 2.32. The van der Waals surface area contributed by atoms with Crippen LogP contribution in [0.2, 0.25) is 0 Å². The van der Waals surface area contributed by atoms with Crippen LogP contribution >= 0.6 is 0 Å². The van der Waals surface area contributed by atoms with E-state index in [1.54, 1.807) is 0 Å². The number of rotatable bonds is 1. The fourth-order valence-electron chi connectivity index (χ4n) is 3.01. The van der Waals surface area contributed by atoms with Gasteiger partial charge in [-0.3, -0.25) is 0 Å². The van der Waals surface area contributed by atoms with Gasteiger partial charge in [-0.1, -0.05) is 24.3 Å². The molecular formula is C17H12F3N3O. The van der Waals surface area contributed by atoms with E-state index in [9.17, 15) is 18.3 Å². The molecule has 1 aliphatic rings. The Morgan fingerprint density at radius 1 is 1.08 bits per heavy atom. The molecule has 0 unspecified atom stereocenters. The van der Waals surface area contributed by atoms with E-state index in [0.29, 0.717) is 17.7 Å². The van der Waals surface area contributed by atoms with E-state index in [2.05, 4.69) is 10.1 Å². The molecule has 0 bridgehead atoms. The summed E-state index contributed by atoms with van der Waals surface area (Å²) in [4.78, 5) is 3.92. The zero-order chi connectivity index (χ0) is 16.9. The number of fused-ring (bicyclic) bond motifs is 3. The number of hydrogen-bond donors (Lipinski definition) is 1. The smallest absolute Gasteiger partial charge is 0.416 e. The SMILES string of the molecule is Oc1c2c(nn1-c1cc(C(F)(F)F)ccn1)CCc1ccccc1-2. The van der Waals surface area contributed by atoms with Gasteiger partial charge in [0.25, 0.3) is 0 Å². The van der Waals surface area contributed by atoms with Gasteiger partial charge >= 0.3 is 6.18 Å². The van der Waals surface area contributed by atoms with E-state index in [-0.39, 0.29) is 11.7 Å². The van der Waals surface area contributed by atoms with Gasteiger partial charge in [0.05, 0.1) is 16.8 Å². The van der Waals surface area contributed by atoms with Crippen molar-refractivity contribution in [2.75, 3.05) is 0 Å². The van der Waals surface area contributed by atoms with E-state index in [4.69, 9.17) is 0 Å². The standard InChI is InChI=1S/C17H12F3N3O/c18-17(19,20)11-7-8-21-14(9-11)23-16(24)15-12-4-2-1-3-10(12)5-6-13(15)22-23/h1-4,7-9,24H,5-6H2. The number of aromatic nitrogens is 3. The summed E-state index contributed by atoms with van der Waals surface area (Å²) in [6.45, 7) is 0. The van der Waals surface area contributed by atoms with Crippen molar-refractivity contribution < 1.29 is 18.3 Å². The van der Waals surface area contributed by atoms with Crippen LogP contribution in [0.5, 0.6) is 5.88 Å². The normalized spacial score (nSPS) is 13.5. The molecule has 0 fully saturated rings. The number of hydrogen-bond acceptors (Lipinski definition) is 3. The molecule has 7 heteroatoms. The lowest BCUT2D eigenvalue weighted by Gasteiger charge is -2.14. The highest BCUT2D eigenvalue weighted by Crippen LogP contribution is 2.40. The minimum atomic E-state index is -4.48. The van der Waals surface area contributed by atoms with Crippen LogP contribution in [-0.2, 0) is 19.0 Å². The molecule has 2 aromatic heterocycles. The molecule has 1 aromatic carbocycles. The molecule has 3 aromatic rings. The van der Waals surface area contributed by atoms with Crippen molar-refractivity contribution in [3.63, 3.8) is 0 Å². The fraction of sp³-hybridized carbons (Fsp3) is 0.176. The van der Waals surface area contributed by atoms with Crippen molar-refractivity contribution in [2.45, 2.75) is 19.0 Å². The molecule has 0 aliphatic heterocycles. The van der Waals surface area contributed by atoms with Gasteiger partial charge in [-0.25, -0.2) is 4.98 Å². The van der Waals surface area contributed by atoms with E-state index in [1.165, 1.54) is 0 Å². The summed E-state index contributed by atoms with van der Waals surface area (Å²) in [5.74, 6) is -0.252. The van der Waals surface area contributed by atoms with E-state index >= 15 is 0 Å².